The molecule has 2 aromatic rings. The Bertz CT molecular complexity index is 609. The topological polar surface area (TPSA) is 70.4 Å². The number of likely N-dealkylation sites (N-methyl/N-ethyl adjacent to an activating group) is 1. The van der Waals surface area contributed by atoms with Crippen LogP contribution in [0.25, 0.3) is 11.0 Å². The van der Waals surface area contributed by atoms with Crippen molar-refractivity contribution in [1.29, 1.82) is 0 Å². The lowest BCUT2D eigenvalue weighted by Gasteiger charge is -2.16. The molecule has 0 atom stereocenters. The van der Waals surface area contributed by atoms with E-state index in [9.17, 15) is 4.79 Å². The second-order valence-electron chi connectivity index (χ2n) is 4.89. The maximum atomic E-state index is 11.7. The Balaban J connectivity index is 1.99. The Morgan fingerprint density at radius 2 is 2.19 bits per heavy atom. The van der Waals surface area contributed by atoms with Gasteiger partial charge in [-0.2, -0.15) is 0 Å². The number of hydrogen-bond acceptors (Lipinski definition) is 3. The van der Waals surface area contributed by atoms with Gasteiger partial charge in [0.1, 0.15) is 5.82 Å². The van der Waals surface area contributed by atoms with Crippen LogP contribution in [0, 0.1) is 0 Å². The lowest BCUT2D eigenvalue weighted by atomic mass is 10.3. The summed E-state index contributed by atoms with van der Waals surface area (Å²) in [4.78, 5) is 17.8. The minimum Gasteiger partial charge on any atom is -0.395 e. The molecule has 1 aromatic carbocycles. The fourth-order valence-corrected chi connectivity index (χ4v) is 2.34. The Labute approximate surface area is 124 Å². The monoisotopic (exact) mass is 290 g/mol. The first-order valence-electron chi connectivity index (χ1n) is 7.21. The van der Waals surface area contributed by atoms with Gasteiger partial charge in [0.25, 0.3) is 0 Å². The van der Waals surface area contributed by atoms with Crippen molar-refractivity contribution in [3.63, 3.8) is 0 Å². The zero-order chi connectivity index (χ0) is 15.2. The summed E-state index contributed by atoms with van der Waals surface area (Å²) in [6, 6.07) is 7.86. The summed E-state index contributed by atoms with van der Waals surface area (Å²) in [6.45, 7) is 3.77. The molecule has 2 N–H and O–H groups in total. The number of carbonyl (C=O) groups is 1. The highest BCUT2D eigenvalue weighted by Gasteiger charge is 2.10. The lowest BCUT2D eigenvalue weighted by molar-refractivity contribution is 0.190. The molecular formula is C15H22N4O2. The number of carbonyl (C=O) groups excluding carboxylic acids is 1. The number of aromatic nitrogens is 2. The molecule has 0 aliphatic heterocycles. The molecule has 1 aromatic heterocycles. The molecule has 2 rings (SSSR count). The third kappa shape index (κ3) is 3.52. The van der Waals surface area contributed by atoms with Crippen molar-refractivity contribution in [3.8, 4) is 0 Å². The molecule has 0 aliphatic carbocycles. The second-order valence-corrected chi connectivity index (χ2v) is 4.89. The van der Waals surface area contributed by atoms with Gasteiger partial charge < -0.3 is 19.9 Å². The molecule has 2 amide bonds. The maximum absolute atomic E-state index is 11.7. The van der Waals surface area contributed by atoms with E-state index >= 15 is 0 Å². The van der Waals surface area contributed by atoms with E-state index in [-0.39, 0.29) is 12.6 Å². The van der Waals surface area contributed by atoms with E-state index in [0.29, 0.717) is 19.5 Å². The van der Waals surface area contributed by atoms with Crippen LogP contribution < -0.4 is 5.32 Å². The zero-order valence-electron chi connectivity index (χ0n) is 12.5. The summed E-state index contributed by atoms with van der Waals surface area (Å²) in [7, 11) is 1.66. The fourth-order valence-electron chi connectivity index (χ4n) is 2.34. The fraction of sp³-hybridized carbons (Fsp3) is 0.467. The van der Waals surface area contributed by atoms with Crippen molar-refractivity contribution in [2.24, 2.45) is 0 Å². The lowest BCUT2D eigenvalue weighted by Crippen LogP contribution is -2.39. The minimum absolute atomic E-state index is 0.0322. The number of aryl methyl sites for hydroxylation is 1. The van der Waals surface area contributed by atoms with Gasteiger partial charge in [0.05, 0.1) is 17.6 Å². The largest absolute Gasteiger partial charge is 0.395 e. The van der Waals surface area contributed by atoms with Crippen LogP contribution in [0.5, 0.6) is 0 Å². The number of nitrogens with one attached hydrogen (secondary N) is 1. The summed E-state index contributed by atoms with van der Waals surface area (Å²) in [5.41, 5.74) is 2.11. The molecule has 6 nitrogen and oxygen atoms in total. The Kier molecular flexibility index (Phi) is 5.16. The van der Waals surface area contributed by atoms with Crippen LogP contribution in [0.15, 0.2) is 24.3 Å². The van der Waals surface area contributed by atoms with E-state index in [1.807, 2.05) is 18.2 Å². The molecule has 0 radical (unpaired) electrons. The Morgan fingerprint density at radius 1 is 1.43 bits per heavy atom. The number of hydrogen-bond donors (Lipinski definition) is 2. The number of para-hydroxylation sites is 2. The average Bonchev–Trinajstić information content (AvgIpc) is 2.84. The number of urea groups is 1. The number of benzene rings is 1. The van der Waals surface area contributed by atoms with E-state index in [1.54, 1.807) is 7.05 Å². The van der Waals surface area contributed by atoms with Crippen molar-refractivity contribution in [1.82, 2.24) is 19.8 Å². The van der Waals surface area contributed by atoms with Crippen molar-refractivity contribution >= 4 is 17.1 Å². The van der Waals surface area contributed by atoms with E-state index in [2.05, 4.69) is 27.9 Å². The van der Waals surface area contributed by atoms with Crippen molar-refractivity contribution in [2.45, 2.75) is 19.9 Å². The number of fused-ring (bicyclic) bond motifs is 1. The highest BCUT2D eigenvalue weighted by Crippen LogP contribution is 2.15. The zero-order valence-corrected chi connectivity index (χ0v) is 12.5. The van der Waals surface area contributed by atoms with Crippen LogP contribution in [0.3, 0.4) is 0 Å². The van der Waals surface area contributed by atoms with Gasteiger partial charge in [0, 0.05) is 33.1 Å². The van der Waals surface area contributed by atoms with Gasteiger partial charge >= 0.3 is 6.03 Å². The smallest absolute Gasteiger partial charge is 0.317 e. The first kappa shape index (κ1) is 15.3. The maximum Gasteiger partial charge on any atom is 0.317 e. The van der Waals surface area contributed by atoms with Crippen LogP contribution in [0.1, 0.15) is 12.7 Å². The van der Waals surface area contributed by atoms with E-state index in [4.69, 9.17) is 5.11 Å². The SMILES string of the molecule is CCn1c(CCNC(=O)N(C)CCO)nc2ccccc21. The predicted molar refractivity (Wildman–Crippen MR) is 82.2 cm³/mol. The molecule has 0 bridgehead atoms. The highest BCUT2D eigenvalue weighted by atomic mass is 16.3. The van der Waals surface area contributed by atoms with Crippen LogP contribution in [-0.2, 0) is 13.0 Å². The van der Waals surface area contributed by atoms with Gasteiger partial charge in [-0.15, -0.1) is 0 Å². The number of aliphatic hydroxyl groups excluding tert-OH is 1. The first-order chi connectivity index (χ1) is 10.2. The van der Waals surface area contributed by atoms with E-state index < -0.39 is 0 Å². The Hall–Kier alpha value is -2.08. The third-order valence-corrected chi connectivity index (χ3v) is 3.46. The molecule has 114 valence electrons. The van der Waals surface area contributed by atoms with Gasteiger partial charge in [0.15, 0.2) is 0 Å². The number of nitrogens with zero attached hydrogens (tertiary/aromatic N) is 3. The van der Waals surface area contributed by atoms with Gasteiger partial charge in [0.2, 0.25) is 0 Å². The molecular weight excluding hydrogens is 268 g/mol. The van der Waals surface area contributed by atoms with E-state index in [1.165, 1.54) is 4.90 Å². The predicted octanol–water partition coefficient (Wildman–Crippen LogP) is 1.23. The van der Waals surface area contributed by atoms with Gasteiger partial charge in [-0.3, -0.25) is 0 Å². The summed E-state index contributed by atoms with van der Waals surface area (Å²) in [5.74, 6) is 0.976. The van der Waals surface area contributed by atoms with Gasteiger partial charge in [-0.25, -0.2) is 9.78 Å². The van der Waals surface area contributed by atoms with Crippen LogP contribution in [0.4, 0.5) is 4.79 Å². The van der Waals surface area contributed by atoms with Crippen molar-refractivity contribution in [2.75, 3.05) is 26.7 Å². The van der Waals surface area contributed by atoms with Crippen LogP contribution in [0.2, 0.25) is 0 Å². The summed E-state index contributed by atoms with van der Waals surface area (Å²) in [5, 5.41) is 11.6. The van der Waals surface area contributed by atoms with Crippen LogP contribution in [-0.4, -0.2) is 52.3 Å². The number of imidazole rings is 1. The molecule has 0 spiro atoms. The summed E-state index contributed by atoms with van der Waals surface area (Å²) in [6.07, 6.45) is 0.682. The van der Waals surface area contributed by atoms with Gasteiger partial charge in [-0.1, -0.05) is 12.1 Å². The molecule has 0 aliphatic rings. The second kappa shape index (κ2) is 7.08. The Morgan fingerprint density at radius 3 is 2.90 bits per heavy atom. The van der Waals surface area contributed by atoms with E-state index in [0.717, 1.165) is 23.4 Å². The molecule has 1 heterocycles. The molecule has 0 unspecified atom stereocenters. The first-order valence-corrected chi connectivity index (χ1v) is 7.21. The molecule has 0 fully saturated rings. The highest BCUT2D eigenvalue weighted by molar-refractivity contribution is 5.76. The average molecular weight is 290 g/mol. The quantitative estimate of drug-likeness (QED) is 0.840. The van der Waals surface area contributed by atoms with Crippen LogP contribution >= 0.6 is 0 Å². The molecule has 0 saturated heterocycles. The summed E-state index contributed by atoms with van der Waals surface area (Å²) < 4.78 is 2.17. The van der Waals surface area contributed by atoms with Crippen molar-refractivity contribution in [3.05, 3.63) is 30.1 Å². The minimum atomic E-state index is -0.178. The normalized spacial score (nSPS) is 10.8. The third-order valence-electron chi connectivity index (χ3n) is 3.46. The van der Waals surface area contributed by atoms with Crippen molar-refractivity contribution < 1.29 is 9.90 Å². The van der Waals surface area contributed by atoms with Gasteiger partial charge in [-0.05, 0) is 19.1 Å². The molecule has 0 saturated carbocycles. The standard InChI is InChI=1S/C15H22N4O2/c1-3-19-13-7-5-4-6-12(13)17-14(19)8-9-16-15(21)18(2)10-11-20/h4-7,20H,3,8-11H2,1-2H3,(H,16,21). The number of amides is 2. The molecule has 21 heavy (non-hydrogen) atoms. The number of rotatable bonds is 6. The number of aliphatic hydroxyl groups is 1. The summed E-state index contributed by atoms with van der Waals surface area (Å²) >= 11 is 0. The molecule has 6 heteroatoms.